The molecule has 5 rings (SSSR count). The highest BCUT2D eigenvalue weighted by Gasteiger charge is 2.32. The van der Waals surface area contributed by atoms with Crippen LogP contribution in [0.3, 0.4) is 0 Å². The Balaban J connectivity index is 1.51. The van der Waals surface area contributed by atoms with Crippen molar-refractivity contribution in [1.29, 1.82) is 0 Å². The van der Waals surface area contributed by atoms with Crippen LogP contribution in [-0.4, -0.2) is 48.0 Å². The van der Waals surface area contributed by atoms with Crippen LogP contribution in [0, 0.1) is 11.8 Å². The van der Waals surface area contributed by atoms with E-state index in [-0.39, 0.29) is 23.8 Å². The second-order valence-electron chi connectivity index (χ2n) is 7.99. The van der Waals surface area contributed by atoms with E-state index < -0.39 is 0 Å². The monoisotopic (exact) mass is 466 g/mol. The molecule has 1 atom stereocenters. The summed E-state index contributed by atoms with van der Waals surface area (Å²) in [5, 5.41) is 8.18. The van der Waals surface area contributed by atoms with E-state index in [0.29, 0.717) is 34.7 Å². The second kappa shape index (κ2) is 9.23. The SMILES string of the molecule is CC#CC(=O)N1CCC[C@H]1n1nc(-c2ccc(C(=O)Nc3ccccn3)cc2)c2c(N)ncnc21. The summed E-state index contributed by atoms with van der Waals surface area (Å²) in [6.45, 7) is 2.23. The zero-order valence-corrected chi connectivity index (χ0v) is 19.0. The number of nitrogens with zero attached hydrogens (tertiary/aromatic N) is 6. The van der Waals surface area contributed by atoms with Gasteiger partial charge in [-0.05, 0) is 50.0 Å². The normalized spacial score (nSPS) is 15.0. The minimum atomic E-state index is -0.322. The molecule has 1 aromatic carbocycles. The highest BCUT2D eigenvalue weighted by atomic mass is 16.2. The lowest BCUT2D eigenvalue weighted by atomic mass is 10.1. The number of nitrogens with two attached hydrogens (primary N) is 1. The minimum Gasteiger partial charge on any atom is -0.383 e. The molecule has 0 spiro atoms. The number of carbonyl (C=O) groups excluding carboxylic acids is 2. The predicted molar refractivity (Wildman–Crippen MR) is 131 cm³/mol. The topological polar surface area (TPSA) is 132 Å². The zero-order valence-electron chi connectivity index (χ0n) is 19.0. The Hall–Kier alpha value is -4.78. The van der Waals surface area contributed by atoms with Crippen molar-refractivity contribution in [2.24, 2.45) is 0 Å². The molecule has 1 aliphatic heterocycles. The van der Waals surface area contributed by atoms with Gasteiger partial charge < -0.3 is 16.0 Å². The van der Waals surface area contributed by atoms with Crippen LogP contribution in [0.25, 0.3) is 22.3 Å². The van der Waals surface area contributed by atoms with E-state index in [1.165, 1.54) is 6.33 Å². The summed E-state index contributed by atoms with van der Waals surface area (Å²) in [7, 11) is 0. The molecule has 4 heterocycles. The molecule has 10 heteroatoms. The maximum Gasteiger partial charge on any atom is 0.300 e. The van der Waals surface area contributed by atoms with Crippen molar-refractivity contribution in [3.8, 4) is 23.1 Å². The molecule has 1 saturated heterocycles. The van der Waals surface area contributed by atoms with Crippen LogP contribution in [0.2, 0.25) is 0 Å². The number of likely N-dealkylation sites (tertiary alicyclic amines) is 1. The lowest BCUT2D eigenvalue weighted by Crippen LogP contribution is -2.33. The van der Waals surface area contributed by atoms with Crippen molar-refractivity contribution in [2.75, 3.05) is 17.6 Å². The van der Waals surface area contributed by atoms with Gasteiger partial charge in [-0.1, -0.05) is 24.1 Å². The van der Waals surface area contributed by atoms with Gasteiger partial charge in [-0.2, -0.15) is 5.10 Å². The largest absolute Gasteiger partial charge is 0.383 e. The molecule has 3 aromatic heterocycles. The van der Waals surface area contributed by atoms with Crippen molar-refractivity contribution in [2.45, 2.75) is 25.9 Å². The molecule has 174 valence electrons. The van der Waals surface area contributed by atoms with E-state index >= 15 is 0 Å². The summed E-state index contributed by atoms with van der Waals surface area (Å²) < 4.78 is 1.73. The van der Waals surface area contributed by atoms with Crippen molar-refractivity contribution < 1.29 is 9.59 Å². The average molecular weight is 467 g/mol. The summed E-state index contributed by atoms with van der Waals surface area (Å²) >= 11 is 0. The summed E-state index contributed by atoms with van der Waals surface area (Å²) in [5.74, 6) is 5.53. The van der Waals surface area contributed by atoms with Crippen molar-refractivity contribution in [3.05, 3.63) is 60.6 Å². The van der Waals surface area contributed by atoms with Crippen molar-refractivity contribution in [3.63, 3.8) is 0 Å². The molecule has 1 fully saturated rings. The Morgan fingerprint density at radius 1 is 1.11 bits per heavy atom. The van der Waals surface area contributed by atoms with Crippen LogP contribution in [0.4, 0.5) is 11.6 Å². The minimum absolute atomic E-state index is 0.245. The molecule has 0 aliphatic carbocycles. The lowest BCUT2D eigenvalue weighted by Gasteiger charge is -2.23. The van der Waals surface area contributed by atoms with Gasteiger partial charge in [0.25, 0.3) is 11.8 Å². The molecule has 3 N–H and O–H groups in total. The Bertz CT molecular complexity index is 1470. The fraction of sp³-hybridized carbons (Fsp3) is 0.200. The number of anilines is 2. The first-order valence-corrected chi connectivity index (χ1v) is 11.1. The Morgan fingerprint density at radius 2 is 1.94 bits per heavy atom. The lowest BCUT2D eigenvalue weighted by molar-refractivity contribution is -0.127. The number of fused-ring (bicyclic) bond motifs is 1. The summed E-state index contributed by atoms with van der Waals surface area (Å²) in [6, 6.07) is 12.3. The van der Waals surface area contributed by atoms with Gasteiger partial charge in [-0.3, -0.25) is 9.59 Å². The van der Waals surface area contributed by atoms with Crippen LogP contribution in [0.1, 0.15) is 36.3 Å². The van der Waals surface area contributed by atoms with Crippen LogP contribution in [-0.2, 0) is 4.79 Å². The molecule has 0 unspecified atom stereocenters. The smallest absolute Gasteiger partial charge is 0.300 e. The fourth-order valence-electron chi connectivity index (χ4n) is 4.23. The fourth-order valence-corrected chi connectivity index (χ4v) is 4.23. The number of aromatic nitrogens is 5. The number of carbonyl (C=O) groups is 2. The van der Waals surface area contributed by atoms with E-state index in [1.807, 2.05) is 0 Å². The number of pyridine rings is 1. The van der Waals surface area contributed by atoms with Crippen molar-refractivity contribution in [1.82, 2.24) is 29.6 Å². The molecule has 35 heavy (non-hydrogen) atoms. The summed E-state index contributed by atoms with van der Waals surface area (Å²) in [6.07, 6.45) is 4.23. The molecular weight excluding hydrogens is 444 g/mol. The first-order chi connectivity index (χ1) is 17.1. The number of benzene rings is 1. The van der Waals surface area contributed by atoms with E-state index in [0.717, 1.165) is 18.4 Å². The van der Waals surface area contributed by atoms with Crippen molar-refractivity contribution >= 4 is 34.5 Å². The van der Waals surface area contributed by atoms with E-state index in [9.17, 15) is 9.59 Å². The van der Waals surface area contributed by atoms with Gasteiger partial charge in [0.05, 0.1) is 5.39 Å². The van der Waals surface area contributed by atoms with Crippen LogP contribution >= 0.6 is 0 Å². The van der Waals surface area contributed by atoms with Gasteiger partial charge in [0.1, 0.15) is 29.8 Å². The highest BCUT2D eigenvalue weighted by molar-refractivity contribution is 6.04. The third-order valence-electron chi connectivity index (χ3n) is 5.84. The Morgan fingerprint density at radius 3 is 2.69 bits per heavy atom. The first-order valence-electron chi connectivity index (χ1n) is 11.1. The van der Waals surface area contributed by atoms with E-state index in [1.54, 1.807) is 65.2 Å². The van der Waals surface area contributed by atoms with Crippen LogP contribution in [0.15, 0.2) is 55.0 Å². The molecule has 1 aliphatic rings. The first kappa shape index (κ1) is 22.0. The molecule has 2 amide bonds. The van der Waals surface area contributed by atoms with Gasteiger partial charge in [0.2, 0.25) is 0 Å². The van der Waals surface area contributed by atoms with Gasteiger partial charge in [-0.25, -0.2) is 19.6 Å². The number of nitrogen functional groups attached to an aromatic ring is 1. The van der Waals surface area contributed by atoms with Gasteiger partial charge >= 0.3 is 0 Å². The average Bonchev–Trinajstić information content (AvgIpc) is 3.51. The second-order valence-corrected chi connectivity index (χ2v) is 7.99. The molecule has 0 bridgehead atoms. The molecule has 4 aromatic rings. The van der Waals surface area contributed by atoms with E-state index in [4.69, 9.17) is 10.8 Å². The quantitative estimate of drug-likeness (QED) is 0.442. The molecular formula is C25H22N8O2. The number of rotatable bonds is 4. The predicted octanol–water partition coefficient (Wildman–Crippen LogP) is 2.87. The number of nitrogens with one attached hydrogen (secondary N) is 1. The summed E-state index contributed by atoms with van der Waals surface area (Å²) in [5.41, 5.74) is 8.57. The van der Waals surface area contributed by atoms with Crippen LogP contribution < -0.4 is 11.1 Å². The van der Waals surface area contributed by atoms with Crippen LogP contribution in [0.5, 0.6) is 0 Å². The highest BCUT2D eigenvalue weighted by Crippen LogP contribution is 2.35. The van der Waals surface area contributed by atoms with Gasteiger partial charge in [0.15, 0.2) is 5.65 Å². The van der Waals surface area contributed by atoms with Gasteiger partial charge in [0, 0.05) is 23.9 Å². The summed E-state index contributed by atoms with van der Waals surface area (Å²) in [4.78, 5) is 39.6. The maximum atomic E-state index is 12.6. The Labute approximate surface area is 201 Å². The van der Waals surface area contributed by atoms with E-state index in [2.05, 4.69) is 32.1 Å². The number of hydrogen-bond donors (Lipinski definition) is 2. The third-order valence-corrected chi connectivity index (χ3v) is 5.84. The molecule has 0 radical (unpaired) electrons. The number of hydrogen-bond acceptors (Lipinski definition) is 7. The Kier molecular flexibility index (Phi) is 5.81. The third kappa shape index (κ3) is 4.15. The number of amides is 2. The molecule has 0 saturated carbocycles. The molecule has 10 nitrogen and oxygen atoms in total. The maximum absolute atomic E-state index is 12.6. The van der Waals surface area contributed by atoms with Gasteiger partial charge in [-0.15, -0.1) is 0 Å². The zero-order chi connectivity index (χ0) is 24.4. The standard InChI is InChI=1S/C25H22N8O2/c1-2-6-20(34)32-14-5-8-19(32)33-24-21(23(26)28-15-29-24)22(31-33)16-9-11-17(12-10-16)25(35)30-18-7-3-4-13-27-18/h3-4,7,9-13,15,19H,5,8,14H2,1H3,(H2,26,28,29)(H,27,30,35)/t19-/m1/s1.